The van der Waals surface area contributed by atoms with Gasteiger partial charge in [-0.1, -0.05) is 42.8 Å². The third kappa shape index (κ3) is 5.30. The number of carbonyl (C=O) groups is 2. The fourth-order valence-electron chi connectivity index (χ4n) is 2.21. The summed E-state index contributed by atoms with van der Waals surface area (Å²) >= 11 is 5.88. The van der Waals surface area contributed by atoms with Gasteiger partial charge in [-0.3, -0.25) is 14.9 Å². The Hall–Kier alpha value is -2.90. The Bertz CT molecular complexity index is 864. The number of halogens is 2. The van der Waals surface area contributed by atoms with E-state index in [1.54, 1.807) is 37.3 Å². The summed E-state index contributed by atoms with van der Waals surface area (Å²) < 4.78 is 13.2. The summed E-state index contributed by atoms with van der Waals surface area (Å²) in [5, 5.41) is 2.91. The van der Waals surface area contributed by atoms with Gasteiger partial charge < -0.3 is 0 Å². The highest BCUT2D eigenvalue weighted by molar-refractivity contribution is 6.30. The Kier molecular flexibility index (Phi) is 6.71. The molecule has 0 heterocycles. The molecule has 2 aromatic carbocycles. The maximum absolute atomic E-state index is 13.2. The number of terminal acetylenes is 1. The van der Waals surface area contributed by atoms with E-state index in [9.17, 15) is 14.0 Å². The number of hydrogen-bond acceptors (Lipinski definition) is 2. The van der Waals surface area contributed by atoms with Crippen molar-refractivity contribution in [3.05, 3.63) is 70.5 Å². The van der Waals surface area contributed by atoms with Crippen molar-refractivity contribution in [3.8, 4) is 12.3 Å². The Morgan fingerprint density at radius 3 is 2.38 bits per heavy atom. The van der Waals surface area contributed by atoms with E-state index in [2.05, 4.69) is 11.2 Å². The third-order valence-corrected chi connectivity index (χ3v) is 3.94. The fraction of sp³-hybridized carbons (Fsp3) is 0.143. The molecule has 2 amide bonds. The summed E-state index contributed by atoms with van der Waals surface area (Å²) in [5.74, 6) is 0.439. The van der Waals surface area contributed by atoms with E-state index in [-0.39, 0.29) is 12.0 Å². The molecule has 0 saturated carbocycles. The van der Waals surface area contributed by atoms with E-state index in [1.807, 2.05) is 0 Å². The van der Waals surface area contributed by atoms with Crippen molar-refractivity contribution in [2.45, 2.75) is 13.3 Å². The normalized spacial score (nSPS) is 12.2. The topological polar surface area (TPSA) is 46.2 Å². The fourth-order valence-corrected chi connectivity index (χ4v) is 2.33. The van der Waals surface area contributed by atoms with Crippen LogP contribution in [0.1, 0.15) is 24.5 Å². The smallest absolute Gasteiger partial charge is 0.258 e. The van der Waals surface area contributed by atoms with E-state index in [4.69, 9.17) is 18.0 Å². The van der Waals surface area contributed by atoms with Crippen LogP contribution in [-0.2, 0) is 9.59 Å². The minimum absolute atomic E-state index is 0.228. The van der Waals surface area contributed by atoms with Crippen LogP contribution in [0.2, 0.25) is 5.02 Å². The SMILES string of the molecule is C#CCC(C)C(=O)NC(=O)/C(=C/c1ccc(Cl)cc1)c1ccc(F)cc1. The van der Waals surface area contributed by atoms with Gasteiger partial charge in [0, 0.05) is 22.9 Å². The van der Waals surface area contributed by atoms with Gasteiger partial charge in [-0.05, 0) is 41.5 Å². The molecule has 0 fully saturated rings. The largest absolute Gasteiger partial charge is 0.292 e. The van der Waals surface area contributed by atoms with Crippen LogP contribution in [0.25, 0.3) is 11.6 Å². The quantitative estimate of drug-likeness (QED) is 0.484. The van der Waals surface area contributed by atoms with Crippen LogP contribution in [0.3, 0.4) is 0 Å². The van der Waals surface area contributed by atoms with E-state index in [1.165, 1.54) is 24.3 Å². The lowest BCUT2D eigenvalue weighted by Gasteiger charge is -2.12. The zero-order chi connectivity index (χ0) is 19.1. The molecule has 5 heteroatoms. The lowest BCUT2D eigenvalue weighted by molar-refractivity contribution is -0.129. The molecular formula is C21H17ClFNO2. The summed E-state index contributed by atoms with van der Waals surface area (Å²) in [5.41, 5.74) is 1.43. The van der Waals surface area contributed by atoms with Crippen LogP contribution in [0, 0.1) is 24.1 Å². The van der Waals surface area contributed by atoms with Gasteiger partial charge in [0.25, 0.3) is 5.91 Å². The zero-order valence-electron chi connectivity index (χ0n) is 14.1. The molecule has 0 saturated heterocycles. The predicted octanol–water partition coefficient (Wildman–Crippen LogP) is 4.32. The molecule has 26 heavy (non-hydrogen) atoms. The molecule has 0 bridgehead atoms. The highest BCUT2D eigenvalue weighted by Crippen LogP contribution is 2.21. The van der Waals surface area contributed by atoms with Crippen LogP contribution < -0.4 is 5.32 Å². The Balaban J connectivity index is 2.35. The van der Waals surface area contributed by atoms with Crippen LogP contribution in [0.5, 0.6) is 0 Å². The predicted molar refractivity (Wildman–Crippen MR) is 101 cm³/mol. The minimum Gasteiger partial charge on any atom is -0.292 e. The Morgan fingerprint density at radius 2 is 1.81 bits per heavy atom. The summed E-state index contributed by atoms with van der Waals surface area (Å²) in [6.07, 6.45) is 7.04. The van der Waals surface area contributed by atoms with Gasteiger partial charge in [0.2, 0.25) is 5.91 Å². The summed E-state index contributed by atoms with van der Waals surface area (Å²) in [6, 6.07) is 12.3. The van der Waals surface area contributed by atoms with Crippen molar-refractivity contribution in [1.29, 1.82) is 0 Å². The second-order valence-corrected chi connectivity index (χ2v) is 6.18. The third-order valence-electron chi connectivity index (χ3n) is 3.69. The molecular weight excluding hydrogens is 353 g/mol. The van der Waals surface area contributed by atoms with Crippen molar-refractivity contribution < 1.29 is 14.0 Å². The second-order valence-electron chi connectivity index (χ2n) is 5.74. The van der Waals surface area contributed by atoms with E-state index in [0.717, 1.165) is 0 Å². The van der Waals surface area contributed by atoms with E-state index < -0.39 is 23.5 Å². The molecule has 0 aromatic heterocycles. The molecule has 0 aliphatic carbocycles. The van der Waals surface area contributed by atoms with Gasteiger partial charge in [0.15, 0.2) is 0 Å². The second kappa shape index (κ2) is 8.98. The average Bonchev–Trinajstić information content (AvgIpc) is 2.62. The van der Waals surface area contributed by atoms with Crippen LogP contribution in [0.15, 0.2) is 48.5 Å². The van der Waals surface area contributed by atoms with Gasteiger partial charge in [-0.25, -0.2) is 4.39 Å². The molecule has 2 rings (SSSR count). The van der Waals surface area contributed by atoms with Crippen molar-refractivity contribution >= 4 is 35.1 Å². The number of nitrogens with one attached hydrogen (secondary N) is 1. The van der Waals surface area contributed by atoms with Crippen molar-refractivity contribution in [1.82, 2.24) is 5.32 Å². The number of benzene rings is 2. The number of imide groups is 1. The first-order valence-electron chi connectivity index (χ1n) is 7.92. The number of hydrogen-bond donors (Lipinski definition) is 1. The van der Waals surface area contributed by atoms with Crippen LogP contribution in [0.4, 0.5) is 4.39 Å². The molecule has 0 aliphatic rings. The summed E-state index contributed by atoms with van der Waals surface area (Å²) in [4.78, 5) is 24.7. The molecule has 0 aliphatic heterocycles. The maximum Gasteiger partial charge on any atom is 0.258 e. The standard InChI is InChI=1S/C21H17ClFNO2/c1-3-4-14(2)20(25)24-21(26)19(16-7-11-18(23)12-8-16)13-15-5-9-17(22)10-6-15/h1,5-14H,4H2,2H3,(H,24,25,26)/b19-13+. The number of carbonyl (C=O) groups excluding carboxylic acids is 2. The van der Waals surface area contributed by atoms with Gasteiger partial charge in [-0.2, -0.15) is 0 Å². The van der Waals surface area contributed by atoms with Gasteiger partial charge in [0.1, 0.15) is 5.82 Å². The van der Waals surface area contributed by atoms with Gasteiger partial charge in [-0.15, -0.1) is 12.3 Å². The van der Waals surface area contributed by atoms with Crippen LogP contribution in [-0.4, -0.2) is 11.8 Å². The number of rotatable bonds is 5. The summed E-state index contributed by atoms with van der Waals surface area (Å²) in [7, 11) is 0. The first-order chi connectivity index (χ1) is 12.4. The van der Waals surface area contributed by atoms with Crippen molar-refractivity contribution in [2.24, 2.45) is 5.92 Å². The molecule has 3 nitrogen and oxygen atoms in total. The molecule has 2 aromatic rings. The van der Waals surface area contributed by atoms with E-state index >= 15 is 0 Å². The molecule has 1 unspecified atom stereocenters. The summed E-state index contributed by atoms with van der Waals surface area (Å²) in [6.45, 7) is 1.64. The first-order valence-corrected chi connectivity index (χ1v) is 8.30. The minimum atomic E-state index is -0.583. The molecule has 0 radical (unpaired) electrons. The highest BCUT2D eigenvalue weighted by atomic mass is 35.5. The molecule has 132 valence electrons. The Morgan fingerprint density at radius 1 is 1.19 bits per heavy atom. The maximum atomic E-state index is 13.2. The first kappa shape index (κ1) is 19.4. The highest BCUT2D eigenvalue weighted by Gasteiger charge is 2.19. The number of amides is 2. The molecule has 0 spiro atoms. The molecule has 1 atom stereocenters. The zero-order valence-corrected chi connectivity index (χ0v) is 14.9. The lowest BCUT2D eigenvalue weighted by Crippen LogP contribution is -2.35. The van der Waals surface area contributed by atoms with Gasteiger partial charge in [0.05, 0.1) is 0 Å². The lowest BCUT2D eigenvalue weighted by atomic mass is 10.0. The molecule has 1 N–H and O–H groups in total. The van der Waals surface area contributed by atoms with Gasteiger partial charge >= 0.3 is 0 Å². The van der Waals surface area contributed by atoms with Crippen molar-refractivity contribution in [2.75, 3.05) is 0 Å². The van der Waals surface area contributed by atoms with Crippen molar-refractivity contribution in [3.63, 3.8) is 0 Å². The monoisotopic (exact) mass is 369 g/mol. The van der Waals surface area contributed by atoms with Crippen LogP contribution >= 0.6 is 11.6 Å². The Labute approximate surface area is 156 Å². The van der Waals surface area contributed by atoms with E-state index in [0.29, 0.717) is 16.1 Å². The average molecular weight is 370 g/mol.